The van der Waals surface area contributed by atoms with Gasteiger partial charge in [0.15, 0.2) is 0 Å². The highest BCUT2D eigenvalue weighted by atomic mass is 15.4. The lowest BCUT2D eigenvalue weighted by Crippen LogP contribution is -2.58. The van der Waals surface area contributed by atoms with Gasteiger partial charge in [0.2, 0.25) is 11.9 Å². The zero-order valence-corrected chi connectivity index (χ0v) is 18.2. The second-order valence-electron chi connectivity index (χ2n) is 8.71. The van der Waals surface area contributed by atoms with E-state index in [1.807, 2.05) is 0 Å². The van der Waals surface area contributed by atoms with Gasteiger partial charge in [0.1, 0.15) is 5.66 Å². The fourth-order valence-corrected chi connectivity index (χ4v) is 4.77. The molecule has 2 aliphatic rings. The Morgan fingerprint density at radius 3 is 2.14 bits per heavy atom. The summed E-state index contributed by atoms with van der Waals surface area (Å²) in [6.07, 6.45) is 17.5. The first-order valence-electron chi connectivity index (χ1n) is 11.7. The van der Waals surface area contributed by atoms with Gasteiger partial charge in [-0.3, -0.25) is 4.90 Å². The molecule has 3 rings (SSSR count). The van der Waals surface area contributed by atoms with Crippen molar-refractivity contribution in [2.75, 3.05) is 4.90 Å². The Morgan fingerprint density at radius 2 is 1.48 bits per heavy atom. The number of nitrogens with two attached hydrogens (primary N) is 2. The number of benzene rings is 1. The van der Waals surface area contributed by atoms with E-state index in [2.05, 4.69) is 41.1 Å². The van der Waals surface area contributed by atoms with Crippen LogP contribution < -0.4 is 16.4 Å². The van der Waals surface area contributed by atoms with E-state index in [1.54, 1.807) is 0 Å². The van der Waals surface area contributed by atoms with E-state index in [0.29, 0.717) is 11.9 Å². The predicted molar refractivity (Wildman–Crippen MR) is 124 cm³/mol. The van der Waals surface area contributed by atoms with E-state index >= 15 is 0 Å². The lowest BCUT2D eigenvalue weighted by atomic mass is 9.87. The summed E-state index contributed by atoms with van der Waals surface area (Å²) in [5.74, 6) is 0.780. The molecule has 0 bridgehead atoms. The molecule has 1 aromatic rings. The van der Waals surface area contributed by atoms with Crippen LogP contribution in [0.3, 0.4) is 0 Å². The number of aryl methyl sites for hydroxylation is 1. The van der Waals surface area contributed by atoms with Gasteiger partial charge in [-0.1, -0.05) is 70.4 Å². The van der Waals surface area contributed by atoms with E-state index < -0.39 is 0 Å². The highest BCUT2D eigenvalue weighted by molar-refractivity contribution is 6.05. The van der Waals surface area contributed by atoms with Gasteiger partial charge in [-0.25, -0.2) is 4.99 Å². The summed E-state index contributed by atoms with van der Waals surface area (Å²) in [4.78, 5) is 11.1. The van der Waals surface area contributed by atoms with Gasteiger partial charge >= 0.3 is 0 Å². The van der Waals surface area contributed by atoms with E-state index in [9.17, 15) is 0 Å². The van der Waals surface area contributed by atoms with Crippen molar-refractivity contribution >= 4 is 17.6 Å². The fourth-order valence-electron chi connectivity index (χ4n) is 4.77. The number of aliphatic imine (C=N–C) groups is 2. The third-order valence-corrected chi connectivity index (χ3v) is 6.36. The summed E-state index contributed by atoms with van der Waals surface area (Å²) in [6.45, 7) is 2.27. The van der Waals surface area contributed by atoms with Gasteiger partial charge in [-0.05, 0) is 56.2 Å². The first-order chi connectivity index (χ1) is 14.1. The minimum atomic E-state index is -0.354. The summed E-state index contributed by atoms with van der Waals surface area (Å²) in [7, 11) is 0. The minimum absolute atomic E-state index is 0.312. The van der Waals surface area contributed by atoms with Crippen molar-refractivity contribution in [1.29, 1.82) is 0 Å². The standard InChI is InChI=1S/C24H39N5/c1-2-3-4-5-6-7-8-10-13-20-14-16-21(17-15-20)29-23(26)27-22(25)28-24(29)18-11-9-12-19-24/h14-17H,2-13,18-19H2,1H3,(H4,25,26,27,28). The zero-order valence-electron chi connectivity index (χ0n) is 18.2. The average molecular weight is 398 g/mol. The van der Waals surface area contributed by atoms with Crippen LogP contribution in [0.25, 0.3) is 0 Å². The molecule has 4 N–H and O–H groups in total. The molecule has 0 saturated heterocycles. The molecule has 0 aromatic heterocycles. The van der Waals surface area contributed by atoms with Gasteiger partial charge in [0.05, 0.1) is 0 Å². The largest absolute Gasteiger partial charge is 0.369 e. The van der Waals surface area contributed by atoms with Crippen LogP contribution in [0.1, 0.15) is 96.0 Å². The molecule has 1 aliphatic carbocycles. The first kappa shape index (κ1) is 21.7. The number of anilines is 1. The van der Waals surface area contributed by atoms with Crippen LogP contribution in [0.2, 0.25) is 0 Å². The number of hydrogen-bond acceptors (Lipinski definition) is 5. The Morgan fingerprint density at radius 1 is 0.862 bits per heavy atom. The maximum absolute atomic E-state index is 6.32. The molecule has 0 unspecified atom stereocenters. The van der Waals surface area contributed by atoms with Crippen LogP contribution in [-0.4, -0.2) is 17.6 Å². The SMILES string of the molecule is CCCCCCCCCCc1ccc(N2C(N)=NC(N)=NC23CCCCC3)cc1. The van der Waals surface area contributed by atoms with Crippen molar-refractivity contribution in [1.82, 2.24) is 0 Å². The Hall–Kier alpha value is -2.04. The van der Waals surface area contributed by atoms with Crippen molar-refractivity contribution in [2.45, 2.75) is 102 Å². The number of unbranched alkanes of at least 4 members (excludes halogenated alkanes) is 7. The summed E-state index contributed by atoms with van der Waals surface area (Å²) >= 11 is 0. The van der Waals surface area contributed by atoms with E-state index in [0.717, 1.165) is 37.8 Å². The zero-order chi connectivity index (χ0) is 20.5. The van der Waals surface area contributed by atoms with Gasteiger partial charge in [-0.2, -0.15) is 4.99 Å². The molecule has 1 saturated carbocycles. The molecule has 1 spiro atoms. The molecule has 29 heavy (non-hydrogen) atoms. The molecule has 1 aliphatic heterocycles. The number of hydrogen-bond donors (Lipinski definition) is 2. The molecule has 160 valence electrons. The molecule has 1 fully saturated rings. The topological polar surface area (TPSA) is 80.0 Å². The van der Waals surface area contributed by atoms with Crippen LogP contribution in [0.4, 0.5) is 5.69 Å². The lowest BCUT2D eigenvalue weighted by Gasteiger charge is -2.45. The molecule has 0 amide bonds. The third kappa shape index (κ3) is 5.74. The highest BCUT2D eigenvalue weighted by Gasteiger charge is 2.42. The van der Waals surface area contributed by atoms with Crippen molar-refractivity contribution in [2.24, 2.45) is 21.5 Å². The van der Waals surface area contributed by atoms with Crippen LogP contribution in [0.15, 0.2) is 34.3 Å². The lowest BCUT2D eigenvalue weighted by molar-refractivity contribution is 0.305. The smallest absolute Gasteiger partial charge is 0.220 e. The second-order valence-corrected chi connectivity index (χ2v) is 8.71. The summed E-state index contributed by atoms with van der Waals surface area (Å²) in [5.41, 5.74) is 14.4. The maximum Gasteiger partial charge on any atom is 0.220 e. The fraction of sp³-hybridized carbons (Fsp3) is 0.667. The molecule has 5 heteroatoms. The molecular formula is C24H39N5. The summed E-state index contributed by atoms with van der Waals surface area (Å²) < 4.78 is 0. The van der Waals surface area contributed by atoms with Crippen molar-refractivity contribution in [3.63, 3.8) is 0 Å². The second kappa shape index (κ2) is 10.7. The van der Waals surface area contributed by atoms with Gasteiger partial charge < -0.3 is 11.5 Å². The van der Waals surface area contributed by atoms with Crippen molar-refractivity contribution in [3.05, 3.63) is 29.8 Å². The molecule has 0 radical (unpaired) electrons. The van der Waals surface area contributed by atoms with Crippen LogP contribution >= 0.6 is 0 Å². The van der Waals surface area contributed by atoms with E-state index in [1.165, 1.54) is 63.4 Å². The summed E-state index contributed by atoms with van der Waals surface area (Å²) in [6, 6.07) is 8.83. The molecular weight excluding hydrogens is 358 g/mol. The Kier molecular flexibility index (Phi) is 7.96. The van der Waals surface area contributed by atoms with Crippen molar-refractivity contribution < 1.29 is 0 Å². The highest BCUT2D eigenvalue weighted by Crippen LogP contribution is 2.39. The van der Waals surface area contributed by atoms with Gasteiger partial charge in [0, 0.05) is 5.69 Å². The van der Waals surface area contributed by atoms with E-state index in [4.69, 9.17) is 16.5 Å². The molecule has 1 heterocycles. The molecule has 1 aromatic carbocycles. The first-order valence-corrected chi connectivity index (χ1v) is 11.7. The van der Waals surface area contributed by atoms with Gasteiger partial charge in [0.25, 0.3) is 0 Å². The summed E-state index contributed by atoms with van der Waals surface area (Å²) in [5, 5.41) is 0. The molecule has 0 atom stereocenters. The normalized spacial score (nSPS) is 18.6. The minimum Gasteiger partial charge on any atom is -0.369 e. The number of nitrogens with zero attached hydrogens (tertiary/aromatic N) is 3. The maximum atomic E-state index is 6.32. The van der Waals surface area contributed by atoms with Gasteiger partial charge in [-0.15, -0.1) is 0 Å². The predicted octanol–water partition coefficient (Wildman–Crippen LogP) is 5.48. The molecule has 5 nitrogen and oxygen atoms in total. The Bertz CT molecular complexity index is 686. The Labute approximate surface area is 176 Å². The van der Waals surface area contributed by atoms with E-state index in [-0.39, 0.29) is 5.66 Å². The third-order valence-electron chi connectivity index (χ3n) is 6.36. The van der Waals surface area contributed by atoms with Crippen molar-refractivity contribution in [3.8, 4) is 0 Å². The number of rotatable bonds is 10. The average Bonchev–Trinajstić information content (AvgIpc) is 2.71. The number of guanidine groups is 2. The van der Waals surface area contributed by atoms with Crippen LogP contribution in [-0.2, 0) is 6.42 Å². The van der Waals surface area contributed by atoms with Crippen LogP contribution in [0, 0.1) is 0 Å². The Balaban J connectivity index is 1.54. The van der Waals surface area contributed by atoms with Crippen LogP contribution in [0.5, 0.6) is 0 Å². The quantitative estimate of drug-likeness (QED) is 0.513. The monoisotopic (exact) mass is 397 g/mol.